The summed E-state index contributed by atoms with van der Waals surface area (Å²) in [4.78, 5) is 2.61. The van der Waals surface area contributed by atoms with Crippen molar-refractivity contribution < 1.29 is 5.11 Å². The summed E-state index contributed by atoms with van der Waals surface area (Å²) in [5.41, 5.74) is 0.231. The zero-order valence-corrected chi connectivity index (χ0v) is 11.3. The van der Waals surface area contributed by atoms with Crippen molar-refractivity contribution in [1.82, 2.24) is 4.90 Å². The quantitative estimate of drug-likeness (QED) is 0.823. The second kappa shape index (κ2) is 5.74. The van der Waals surface area contributed by atoms with Gasteiger partial charge in [0.1, 0.15) is 0 Å². The number of rotatable bonds is 3. The predicted molar refractivity (Wildman–Crippen MR) is 71.0 cm³/mol. The van der Waals surface area contributed by atoms with E-state index in [1.165, 1.54) is 50.2 Å². The van der Waals surface area contributed by atoms with Gasteiger partial charge in [0.15, 0.2) is 0 Å². The molecule has 0 radical (unpaired) electrons. The summed E-state index contributed by atoms with van der Waals surface area (Å²) in [6.45, 7) is 5.07. The Balaban J connectivity index is 1.93. The number of hydrogen-bond donors (Lipinski definition) is 1. The van der Waals surface area contributed by atoms with Crippen LogP contribution in [-0.2, 0) is 0 Å². The molecule has 1 saturated heterocycles. The van der Waals surface area contributed by atoms with Crippen molar-refractivity contribution in [3.05, 3.63) is 0 Å². The van der Waals surface area contributed by atoms with Gasteiger partial charge in [0.05, 0.1) is 0 Å². The fraction of sp³-hybridized carbons (Fsp3) is 1.00. The Hall–Kier alpha value is 0.270. The van der Waals surface area contributed by atoms with Crippen LogP contribution in [0.15, 0.2) is 0 Å². The molecule has 3 heteroatoms. The molecule has 1 saturated carbocycles. The number of aliphatic hydroxyl groups is 1. The Morgan fingerprint density at radius 1 is 1.31 bits per heavy atom. The van der Waals surface area contributed by atoms with Gasteiger partial charge < -0.3 is 5.11 Å². The third kappa shape index (κ3) is 2.93. The molecule has 1 N–H and O–H groups in total. The molecule has 2 nitrogen and oxygen atoms in total. The Kier molecular flexibility index (Phi) is 4.57. The Bertz CT molecular complexity index is 216. The summed E-state index contributed by atoms with van der Waals surface area (Å²) in [7, 11) is 0. The van der Waals surface area contributed by atoms with E-state index in [2.05, 4.69) is 23.6 Å². The van der Waals surface area contributed by atoms with Crippen LogP contribution in [0.1, 0.15) is 39.0 Å². The first-order chi connectivity index (χ1) is 7.76. The number of aliphatic hydroxyl groups excluding tert-OH is 1. The lowest BCUT2D eigenvalue weighted by Gasteiger charge is -2.43. The zero-order valence-electron chi connectivity index (χ0n) is 10.5. The SMILES string of the molecule is CC1CSCCN1CC1(CO)CCCCC1. The van der Waals surface area contributed by atoms with Gasteiger partial charge in [0.2, 0.25) is 0 Å². The molecule has 2 aliphatic rings. The summed E-state index contributed by atoms with van der Waals surface area (Å²) in [5.74, 6) is 2.54. The third-order valence-corrected chi connectivity index (χ3v) is 5.48. The maximum Gasteiger partial charge on any atom is 0.0499 e. The normalized spacial score (nSPS) is 31.5. The fourth-order valence-corrected chi connectivity index (χ4v) is 4.18. The molecule has 1 atom stereocenters. The van der Waals surface area contributed by atoms with Gasteiger partial charge in [-0.15, -0.1) is 0 Å². The molecule has 1 unspecified atom stereocenters. The molecule has 0 spiro atoms. The van der Waals surface area contributed by atoms with Crippen molar-refractivity contribution in [2.45, 2.75) is 45.1 Å². The van der Waals surface area contributed by atoms with E-state index in [9.17, 15) is 5.11 Å². The lowest BCUT2D eigenvalue weighted by atomic mass is 9.74. The standard InChI is InChI=1S/C13H25NOS/c1-12-9-16-8-7-14(12)10-13(11-15)5-3-2-4-6-13/h12,15H,2-11H2,1H3. The maximum atomic E-state index is 9.73. The van der Waals surface area contributed by atoms with E-state index in [4.69, 9.17) is 0 Å². The molecule has 0 bridgehead atoms. The minimum Gasteiger partial charge on any atom is -0.396 e. The van der Waals surface area contributed by atoms with E-state index < -0.39 is 0 Å². The highest BCUT2D eigenvalue weighted by atomic mass is 32.2. The van der Waals surface area contributed by atoms with Gasteiger partial charge in [0.25, 0.3) is 0 Å². The minimum atomic E-state index is 0.231. The van der Waals surface area contributed by atoms with Crippen LogP contribution in [0.3, 0.4) is 0 Å². The van der Waals surface area contributed by atoms with Gasteiger partial charge >= 0.3 is 0 Å². The molecule has 1 aliphatic carbocycles. The number of hydrogen-bond acceptors (Lipinski definition) is 3. The molecule has 0 amide bonds. The van der Waals surface area contributed by atoms with Crippen molar-refractivity contribution in [2.24, 2.45) is 5.41 Å². The molecule has 2 fully saturated rings. The van der Waals surface area contributed by atoms with Gasteiger partial charge in [-0.3, -0.25) is 4.90 Å². The van der Waals surface area contributed by atoms with E-state index in [1.807, 2.05) is 0 Å². The van der Waals surface area contributed by atoms with E-state index in [1.54, 1.807) is 0 Å². The van der Waals surface area contributed by atoms with Gasteiger partial charge in [0, 0.05) is 42.7 Å². The van der Waals surface area contributed by atoms with Crippen molar-refractivity contribution >= 4 is 11.8 Å². The van der Waals surface area contributed by atoms with Crippen LogP contribution in [0.5, 0.6) is 0 Å². The average molecular weight is 243 g/mol. The van der Waals surface area contributed by atoms with Gasteiger partial charge in [-0.2, -0.15) is 11.8 Å². The molecular weight excluding hydrogens is 218 g/mol. The molecule has 1 aliphatic heterocycles. The van der Waals surface area contributed by atoms with Crippen LogP contribution >= 0.6 is 11.8 Å². The van der Waals surface area contributed by atoms with Crippen LogP contribution in [0.2, 0.25) is 0 Å². The van der Waals surface area contributed by atoms with Crippen LogP contribution in [-0.4, -0.2) is 47.3 Å². The summed E-state index contributed by atoms with van der Waals surface area (Å²) in [6, 6.07) is 0.698. The van der Waals surface area contributed by atoms with Crippen molar-refractivity contribution in [3.8, 4) is 0 Å². The first-order valence-electron chi connectivity index (χ1n) is 6.68. The van der Waals surface area contributed by atoms with E-state index in [0.717, 1.165) is 6.54 Å². The summed E-state index contributed by atoms with van der Waals surface area (Å²) in [6.07, 6.45) is 6.47. The first kappa shape index (κ1) is 12.7. The molecule has 1 heterocycles. The summed E-state index contributed by atoms with van der Waals surface area (Å²) in [5, 5.41) is 9.73. The van der Waals surface area contributed by atoms with Gasteiger partial charge in [-0.1, -0.05) is 19.3 Å². The highest BCUT2D eigenvalue weighted by Gasteiger charge is 2.35. The zero-order chi connectivity index (χ0) is 11.4. The topological polar surface area (TPSA) is 23.5 Å². The van der Waals surface area contributed by atoms with Crippen molar-refractivity contribution in [3.63, 3.8) is 0 Å². The van der Waals surface area contributed by atoms with E-state index in [0.29, 0.717) is 12.6 Å². The van der Waals surface area contributed by atoms with Crippen LogP contribution in [0.4, 0.5) is 0 Å². The van der Waals surface area contributed by atoms with Crippen molar-refractivity contribution in [2.75, 3.05) is 31.2 Å². The Labute approximate surface area is 104 Å². The molecule has 16 heavy (non-hydrogen) atoms. The molecule has 0 aromatic rings. The second-order valence-corrected chi connectivity index (χ2v) is 6.76. The largest absolute Gasteiger partial charge is 0.396 e. The molecular formula is C13H25NOS. The Morgan fingerprint density at radius 2 is 2.06 bits per heavy atom. The number of nitrogens with zero attached hydrogens (tertiary/aromatic N) is 1. The van der Waals surface area contributed by atoms with Gasteiger partial charge in [-0.05, 0) is 19.8 Å². The lowest BCUT2D eigenvalue weighted by molar-refractivity contribution is 0.0320. The van der Waals surface area contributed by atoms with Crippen molar-refractivity contribution in [1.29, 1.82) is 0 Å². The van der Waals surface area contributed by atoms with Crippen LogP contribution in [0, 0.1) is 5.41 Å². The van der Waals surface area contributed by atoms with Crippen LogP contribution < -0.4 is 0 Å². The molecule has 0 aromatic carbocycles. The monoisotopic (exact) mass is 243 g/mol. The summed E-state index contributed by atoms with van der Waals surface area (Å²) >= 11 is 2.07. The lowest BCUT2D eigenvalue weighted by Crippen LogP contribution is -2.48. The smallest absolute Gasteiger partial charge is 0.0499 e. The predicted octanol–water partition coefficient (Wildman–Crippen LogP) is 2.37. The second-order valence-electron chi connectivity index (χ2n) is 5.61. The molecule has 94 valence electrons. The molecule has 2 rings (SSSR count). The maximum absolute atomic E-state index is 9.73. The first-order valence-corrected chi connectivity index (χ1v) is 7.84. The minimum absolute atomic E-state index is 0.231. The average Bonchev–Trinajstić information content (AvgIpc) is 2.33. The van der Waals surface area contributed by atoms with E-state index in [-0.39, 0.29) is 5.41 Å². The highest BCUT2D eigenvalue weighted by Crippen LogP contribution is 2.37. The molecule has 0 aromatic heterocycles. The highest BCUT2D eigenvalue weighted by molar-refractivity contribution is 7.99. The third-order valence-electron chi connectivity index (χ3n) is 4.29. The van der Waals surface area contributed by atoms with Crippen LogP contribution in [0.25, 0.3) is 0 Å². The Morgan fingerprint density at radius 3 is 2.69 bits per heavy atom. The van der Waals surface area contributed by atoms with Gasteiger partial charge in [-0.25, -0.2) is 0 Å². The van der Waals surface area contributed by atoms with E-state index >= 15 is 0 Å². The summed E-state index contributed by atoms with van der Waals surface area (Å²) < 4.78 is 0. The number of thioether (sulfide) groups is 1. The fourth-order valence-electron chi connectivity index (χ4n) is 3.10.